The lowest BCUT2D eigenvalue weighted by atomic mass is 10.1. The molecule has 0 unspecified atom stereocenters. The molecule has 1 aromatic rings. The van der Waals surface area contributed by atoms with Crippen LogP contribution in [0.2, 0.25) is 5.15 Å². The number of rotatable bonds is 2. The zero-order valence-electron chi connectivity index (χ0n) is 13.1. The number of nitrogens with zero attached hydrogens (tertiary/aromatic N) is 3. The Morgan fingerprint density at radius 2 is 2.05 bits per heavy atom. The average molecular weight is 328 g/mol. The summed E-state index contributed by atoms with van der Waals surface area (Å²) in [6.07, 6.45) is 1.24. The van der Waals surface area contributed by atoms with Crippen molar-refractivity contribution in [2.75, 3.05) is 23.7 Å². The van der Waals surface area contributed by atoms with Gasteiger partial charge in [-0.1, -0.05) is 11.6 Å². The van der Waals surface area contributed by atoms with Crippen LogP contribution in [0.4, 0.5) is 16.6 Å². The normalized spacial score (nSPS) is 16.5. The lowest BCUT2D eigenvalue weighted by molar-refractivity contribution is 0.0497. The van der Waals surface area contributed by atoms with Gasteiger partial charge < -0.3 is 20.7 Å². The number of hydrogen-bond acceptors (Lipinski definition) is 6. The van der Waals surface area contributed by atoms with E-state index in [1.807, 2.05) is 20.8 Å². The van der Waals surface area contributed by atoms with E-state index in [-0.39, 0.29) is 18.1 Å². The monoisotopic (exact) mass is 327 g/mol. The number of nitrogens with two attached hydrogens (primary N) is 1. The molecule has 3 N–H and O–H groups in total. The topological polar surface area (TPSA) is 93.4 Å². The van der Waals surface area contributed by atoms with Crippen molar-refractivity contribution in [1.82, 2.24) is 15.3 Å². The second-order valence-corrected chi connectivity index (χ2v) is 6.70. The van der Waals surface area contributed by atoms with E-state index in [9.17, 15) is 4.79 Å². The molecule has 8 heteroatoms. The minimum absolute atomic E-state index is 0.0979. The van der Waals surface area contributed by atoms with Crippen molar-refractivity contribution in [3.8, 4) is 0 Å². The smallest absolute Gasteiger partial charge is 0.407 e. The van der Waals surface area contributed by atoms with Crippen LogP contribution in [0.1, 0.15) is 33.6 Å². The number of carbonyl (C=O) groups is 1. The van der Waals surface area contributed by atoms with Crippen LogP contribution in [0.25, 0.3) is 0 Å². The number of anilines is 2. The van der Waals surface area contributed by atoms with E-state index in [1.165, 1.54) is 0 Å². The van der Waals surface area contributed by atoms with Gasteiger partial charge in [-0.25, -0.2) is 9.78 Å². The number of nitrogen functional groups attached to an aromatic ring is 1. The third kappa shape index (κ3) is 4.91. The zero-order chi connectivity index (χ0) is 16.3. The fraction of sp³-hybridized carbons (Fsp3) is 0.643. The first-order chi connectivity index (χ1) is 10.2. The van der Waals surface area contributed by atoms with E-state index in [0.29, 0.717) is 11.0 Å². The molecule has 0 atom stereocenters. The second-order valence-electron chi connectivity index (χ2n) is 6.31. The zero-order valence-corrected chi connectivity index (χ0v) is 13.9. The Hall–Kier alpha value is -1.76. The second kappa shape index (κ2) is 6.56. The van der Waals surface area contributed by atoms with Gasteiger partial charge in [-0.15, -0.1) is 0 Å². The molecule has 122 valence electrons. The molecule has 0 radical (unpaired) electrons. The largest absolute Gasteiger partial charge is 0.444 e. The Morgan fingerprint density at radius 3 is 2.59 bits per heavy atom. The quantitative estimate of drug-likeness (QED) is 0.809. The summed E-state index contributed by atoms with van der Waals surface area (Å²) in [5.41, 5.74) is 5.13. The van der Waals surface area contributed by atoms with Crippen molar-refractivity contribution >= 4 is 29.5 Å². The molecule has 2 rings (SSSR count). The molecule has 0 spiro atoms. The summed E-state index contributed by atoms with van der Waals surface area (Å²) in [5.74, 6) is 0.879. The molecule has 1 aromatic heterocycles. The summed E-state index contributed by atoms with van der Waals surface area (Å²) < 4.78 is 5.27. The number of halogens is 1. The van der Waals surface area contributed by atoms with Gasteiger partial charge in [-0.3, -0.25) is 0 Å². The summed E-state index contributed by atoms with van der Waals surface area (Å²) in [4.78, 5) is 21.9. The van der Waals surface area contributed by atoms with E-state index in [2.05, 4.69) is 20.2 Å². The van der Waals surface area contributed by atoms with E-state index in [0.717, 1.165) is 25.9 Å². The average Bonchev–Trinajstić information content (AvgIpc) is 2.36. The van der Waals surface area contributed by atoms with Gasteiger partial charge in [-0.05, 0) is 33.6 Å². The molecule has 1 aliphatic rings. The molecule has 1 amide bonds. The van der Waals surface area contributed by atoms with Gasteiger partial charge in [0.2, 0.25) is 5.95 Å². The molecule has 0 bridgehead atoms. The molecule has 1 saturated heterocycles. The Morgan fingerprint density at radius 1 is 1.41 bits per heavy atom. The highest BCUT2D eigenvalue weighted by atomic mass is 35.5. The lowest BCUT2D eigenvalue weighted by Gasteiger charge is -2.33. The maximum atomic E-state index is 11.8. The molecular weight excluding hydrogens is 306 g/mol. The molecule has 1 aliphatic heterocycles. The van der Waals surface area contributed by atoms with Crippen molar-refractivity contribution in [1.29, 1.82) is 0 Å². The number of carbonyl (C=O) groups excluding carboxylic acids is 1. The molecule has 0 aliphatic carbocycles. The summed E-state index contributed by atoms with van der Waals surface area (Å²) in [5, 5.41) is 3.23. The summed E-state index contributed by atoms with van der Waals surface area (Å²) >= 11 is 5.90. The highest BCUT2D eigenvalue weighted by Gasteiger charge is 2.24. The van der Waals surface area contributed by atoms with Crippen molar-refractivity contribution in [2.45, 2.75) is 45.3 Å². The first-order valence-electron chi connectivity index (χ1n) is 7.27. The van der Waals surface area contributed by atoms with Crippen LogP contribution >= 0.6 is 11.6 Å². The van der Waals surface area contributed by atoms with Crippen LogP contribution in [0, 0.1) is 0 Å². The van der Waals surface area contributed by atoms with Crippen molar-refractivity contribution in [2.24, 2.45) is 0 Å². The first-order valence-corrected chi connectivity index (χ1v) is 7.65. The van der Waals surface area contributed by atoms with E-state index < -0.39 is 5.60 Å². The lowest BCUT2D eigenvalue weighted by Crippen LogP contribution is -2.46. The summed E-state index contributed by atoms with van der Waals surface area (Å²) in [6, 6.07) is 1.79. The third-order valence-electron chi connectivity index (χ3n) is 3.24. The van der Waals surface area contributed by atoms with E-state index >= 15 is 0 Å². The van der Waals surface area contributed by atoms with Crippen molar-refractivity contribution in [3.63, 3.8) is 0 Å². The van der Waals surface area contributed by atoms with Crippen molar-refractivity contribution in [3.05, 3.63) is 11.2 Å². The fourth-order valence-electron chi connectivity index (χ4n) is 2.31. The van der Waals surface area contributed by atoms with Crippen LogP contribution < -0.4 is 16.0 Å². The van der Waals surface area contributed by atoms with Crippen LogP contribution in [-0.2, 0) is 4.74 Å². The minimum atomic E-state index is -0.486. The Labute approximate surface area is 135 Å². The number of piperidine rings is 1. The maximum Gasteiger partial charge on any atom is 0.407 e. The summed E-state index contributed by atoms with van der Waals surface area (Å²) in [7, 11) is 0. The highest BCUT2D eigenvalue weighted by molar-refractivity contribution is 6.29. The number of nitrogens with one attached hydrogen (secondary N) is 1. The third-order valence-corrected chi connectivity index (χ3v) is 3.43. The Bertz CT molecular complexity index is 518. The van der Waals surface area contributed by atoms with Gasteiger partial charge in [0.25, 0.3) is 0 Å². The summed E-state index contributed by atoms with van der Waals surface area (Å²) in [6.45, 7) is 7.05. The molecular formula is C14H22ClN5O2. The number of amides is 1. The van der Waals surface area contributed by atoms with Crippen LogP contribution in [-0.4, -0.2) is 40.8 Å². The highest BCUT2D eigenvalue weighted by Crippen LogP contribution is 2.21. The van der Waals surface area contributed by atoms with E-state index in [4.69, 9.17) is 22.1 Å². The standard InChI is InChI=1S/C14H22ClN5O2/c1-14(2,3)22-13(21)17-9-4-6-20(7-5-9)11-8-10(15)18-12(16)19-11/h8-9H,4-7H2,1-3H3,(H,17,21)(H2,16,18,19). The predicted octanol–water partition coefficient (Wildman–Crippen LogP) is 2.21. The molecule has 2 heterocycles. The molecule has 0 aromatic carbocycles. The molecule has 22 heavy (non-hydrogen) atoms. The fourth-order valence-corrected chi connectivity index (χ4v) is 2.50. The van der Waals surface area contributed by atoms with Gasteiger partial charge in [0, 0.05) is 25.2 Å². The Kier molecular flexibility index (Phi) is 4.95. The first kappa shape index (κ1) is 16.6. The maximum absolute atomic E-state index is 11.8. The van der Waals surface area contributed by atoms with Crippen LogP contribution in [0.3, 0.4) is 0 Å². The van der Waals surface area contributed by atoms with E-state index in [1.54, 1.807) is 6.07 Å². The number of ether oxygens (including phenoxy) is 1. The van der Waals surface area contributed by atoms with Crippen molar-refractivity contribution < 1.29 is 9.53 Å². The van der Waals surface area contributed by atoms with Crippen LogP contribution in [0.15, 0.2) is 6.07 Å². The number of aromatic nitrogens is 2. The SMILES string of the molecule is CC(C)(C)OC(=O)NC1CCN(c2cc(Cl)nc(N)n2)CC1. The number of alkyl carbamates (subject to hydrolysis) is 1. The molecule has 0 saturated carbocycles. The van der Waals surface area contributed by atoms with Gasteiger partial charge in [0.1, 0.15) is 16.6 Å². The van der Waals surface area contributed by atoms with Crippen LogP contribution in [0.5, 0.6) is 0 Å². The predicted molar refractivity (Wildman–Crippen MR) is 86.1 cm³/mol. The van der Waals surface area contributed by atoms with Gasteiger partial charge in [-0.2, -0.15) is 4.98 Å². The van der Waals surface area contributed by atoms with Gasteiger partial charge in [0.05, 0.1) is 0 Å². The molecule has 1 fully saturated rings. The Balaban J connectivity index is 1.86. The number of hydrogen-bond donors (Lipinski definition) is 2. The minimum Gasteiger partial charge on any atom is -0.444 e. The van der Waals surface area contributed by atoms with Gasteiger partial charge >= 0.3 is 6.09 Å². The van der Waals surface area contributed by atoms with Gasteiger partial charge in [0.15, 0.2) is 0 Å². The molecule has 7 nitrogen and oxygen atoms in total.